The Morgan fingerprint density at radius 1 is 0.804 bits per heavy atom. The Morgan fingerprint density at radius 3 is 1.93 bits per heavy atom. The number of hydrogen-bond acceptors (Lipinski definition) is 6. The molecule has 0 rings (SSSR count). The summed E-state index contributed by atoms with van der Waals surface area (Å²) < 4.78 is 22.9. The molecule has 9 heteroatoms. The maximum Gasteiger partial charge on any atom is 0.268 e. The molecule has 0 fully saturated rings. The topological polar surface area (TPSA) is 108 Å². The van der Waals surface area contributed by atoms with Gasteiger partial charge in [0.25, 0.3) is 7.82 Å². The number of nitrogens with one attached hydrogen (secondary N) is 1. The number of aliphatic hydroxyl groups excluding tert-OH is 1. The third-order valence-corrected chi connectivity index (χ3v) is 7.63. The van der Waals surface area contributed by atoms with Gasteiger partial charge in [0.2, 0.25) is 5.91 Å². The van der Waals surface area contributed by atoms with Gasteiger partial charge in [-0.05, 0) is 77.6 Å². The van der Waals surface area contributed by atoms with Crippen molar-refractivity contribution in [2.75, 3.05) is 40.9 Å². The van der Waals surface area contributed by atoms with E-state index in [1.165, 1.54) is 0 Å². The van der Waals surface area contributed by atoms with E-state index in [-0.39, 0.29) is 18.9 Å². The van der Waals surface area contributed by atoms with Crippen molar-refractivity contribution in [3.63, 3.8) is 0 Å². The maximum atomic E-state index is 12.7. The molecule has 3 atom stereocenters. The predicted molar refractivity (Wildman–Crippen MR) is 191 cm³/mol. The zero-order valence-corrected chi connectivity index (χ0v) is 30.1. The predicted octanol–water partition coefficient (Wildman–Crippen LogP) is 7.65. The Morgan fingerprint density at radius 2 is 1.35 bits per heavy atom. The molecular weight excluding hydrogens is 599 g/mol. The fraction of sp³-hybridized carbons (Fsp3) is 0.595. The van der Waals surface area contributed by atoms with E-state index in [4.69, 9.17) is 9.05 Å². The summed E-state index contributed by atoms with van der Waals surface area (Å²) in [6.45, 7) is 4.17. The Labute approximate surface area is 280 Å². The van der Waals surface area contributed by atoms with Crippen LogP contribution < -0.4 is 10.2 Å². The Balaban J connectivity index is 4.72. The van der Waals surface area contributed by atoms with Crippen molar-refractivity contribution in [1.82, 2.24) is 5.32 Å². The molecule has 0 spiro atoms. The van der Waals surface area contributed by atoms with Crippen LogP contribution in [0.2, 0.25) is 0 Å². The van der Waals surface area contributed by atoms with Crippen LogP contribution in [0.15, 0.2) is 85.1 Å². The fourth-order valence-electron chi connectivity index (χ4n) is 3.94. The SMILES string of the molecule is C/C=C/CC/C=C/CC/C=C/C(O)C(COP(=O)([O-])OCC[N+](C)(C)C)NC(=O)CCCC/C=C\C/C=C\C/C=C\C/C=C\CC. The monoisotopic (exact) mass is 662 g/mol. The molecule has 1 amide bonds. The van der Waals surface area contributed by atoms with Gasteiger partial charge in [-0.2, -0.15) is 0 Å². The summed E-state index contributed by atoms with van der Waals surface area (Å²) in [7, 11) is 1.18. The molecule has 0 aromatic heterocycles. The van der Waals surface area contributed by atoms with Crippen LogP contribution in [0.5, 0.6) is 0 Å². The number of nitrogens with zero attached hydrogens (tertiary/aromatic N) is 1. The minimum absolute atomic E-state index is 0.0225. The fourth-order valence-corrected chi connectivity index (χ4v) is 4.67. The van der Waals surface area contributed by atoms with E-state index in [0.29, 0.717) is 23.9 Å². The molecule has 8 nitrogen and oxygen atoms in total. The lowest BCUT2D eigenvalue weighted by Crippen LogP contribution is -2.45. The van der Waals surface area contributed by atoms with Gasteiger partial charge in [-0.15, -0.1) is 0 Å². The molecule has 0 aliphatic heterocycles. The highest BCUT2D eigenvalue weighted by Crippen LogP contribution is 2.38. The van der Waals surface area contributed by atoms with E-state index in [1.54, 1.807) is 6.08 Å². The van der Waals surface area contributed by atoms with E-state index in [0.717, 1.165) is 57.8 Å². The van der Waals surface area contributed by atoms with Crippen LogP contribution in [0.25, 0.3) is 0 Å². The van der Waals surface area contributed by atoms with Gasteiger partial charge in [0.05, 0.1) is 39.9 Å². The van der Waals surface area contributed by atoms with Crippen LogP contribution in [0.3, 0.4) is 0 Å². The molecule has 0 radical (unpaired) electrons. The molecule has 0 aliphatic carbocycles. The highest BCUT2D eigenvalue weighted by atomic mass is 31.2. The Bertz CT molecular complexity index is 1020. The lowest BCUT2D eigenvalue weighted by Gasteiger charge is -2.29. The average molecular weight is 663 g/mol. The molecule has 0 aliphatic rings. The van der Waals surface area contributed by atoms with Gasteiger partial charge in [-0.1, -0.05) is 92.0 Å². The highest BCUT2D eigenvalue weighted by molar-refractivity contribution is 7.45. The van der Waals surface area contributed by atoms with Gasteiger partial charge < -0.3 is 28.8 Å². The van der Waals surface area contributed by atoms with E-state index in [9.17, 15) is 19.4 Å². The standard InChI is InChI=1S/C37H63N2O6P/c1-6-8-10-12-14-16-17-18-19-20-21-23-25-27-29-31-37(41)38-35(34-45-46(42,43)44-33-32-39(3,4)5)36(40)30-28-26-24-22-15-13-11-9-7-2/h7-10,14-16,18-19,21-23,28,30,35-36,40H,6,11-13,17,20,24-27,29,31-34H2,1-5H3,(H-,38,41,42,43)/b9-7+,10-8-,16-14-,19-18-,22-15+,23-21-,30-28+. The van der Waals surface area contributed by atoms with E-state index in [2.05, 4.69) is 79.1 Å². The van der Waals surface area contributed by atoms with E-state index < -0.39 is 26.6 Å². The van der Waals surface area contributed by atoms with Crippen LogP contribution in [0.4, 0.5) is 0 Å². The van der Waals surface area contributed by atoms with Gasteiger partial charge in [-0.25, -0.2) is 0 Å². The second-order valence-electron chi connectivity index (χ2n) is 12.1. The van der Waals surface area contributed by atoms with Gasteiger partial charge in [-0.3, -0.25) is 9.36 Å². The molecule has 46 heavy (non-hydrogen) atoms. The number of phosphoric acid groups is 1. The quantitative estimate of drug-likeness (QED) is 0.0386. The molecule has 0 aromatic carbocycles. The summed E-state index contributed by atoms with van der Waals surface area (Å²) in [5.41, 5.74) is 0. The van der Waals surface area contributed by atoms with Crippen LogP contribution in [0, 0.1) is 0 Å². The zero-order chi connectivity index (χ0) is 34.4. The number of aliphatic hydroxyl groups is 1. The van der Waals surface area contributed by atoms with Crippen LogP contribution in [0.1, 0.15) is 90.9 Å². The molecule has 2 N–H and O–H groups in total. The third-order valence-electron chi connectivity index (χ3n) is 6.66. The summed E-state index contributed by atoms with van der Waals surface area (Å²) in [5.74, 6) is -0.262. The Kier molecular flexibility index (Phi) is 27.4. The summed E-state index contributed by atoms with van der Waals surface area (Å²) in [6, 6.07) is -0.932. The zero-order valence-electron chi connectivity index (χ0n) is 29.2. The summed E-state index contributed by atoms with van der Waals surface area (Å²) in [6.07, 6.45) is 38.0. The molecule has 0 saturated carbocycles. The molecule has 0 bridgehead atoms. The number of carbonyl (C=O) groups is 1. The van der Waals surface area contributed by atoms with Gasteiger partial charge >= 0.3 is 0 Å². The number of unbranched alkanes of at least 4 members (excludes halogenated alkanes) is 4. The number of rotatable bonds is 28. The number of carbonyl (C=O) groups excluding carboxylic acids is 1. The number of phosphoric ester groups is 1. The second-order valence-corrected chi connectivity index (χ2v) is 13.5. The van der Waals surface area contributed by atoms with Crippen molar-refractivity contribution in [2.24, 2.45) is 0 Å². The minimum atomic E-state index is -4.60. The summed E-state index contributed by atoms with van der Waals surface area (Å²) >= 11 is 0. The van der Waals surface area contributed by atoms with Crippen molar-refractivity contribution in [3.8, 4) is 0 Å². The largest absolute Gasteiger partial charge is 0.756 e. The van der Waals surface area contributed by atoms with Crippen molar-refractivity contribution >= 4 is 13.7 Å². The van der Waals surface area contributed by atoms with E-state index >= 15 is 0 Å². The molecular formula is C37H63N2O6P. The van der Waals surface area contributed by atoms with Gasteiger partial charge in [0.15, 0.2) is 0 Å². The first-order valence-electron chi connectivity index (χ1n) is 16.9. The minimum Gasteiger partial charge on any atom is -0.756 e. The number of quaternary nitrogens is 1. The first-order valence-corrected chi connectivity index (χ1v) is 18.4. The third kappa shape index (κ3) is 30.3. The number of hydrogen-bond donors (Lipinski definition) is 2. The molecule has 0 heterocycles. The van der Waals surface area contributed by atoms with Gasteiger partial charge in [0, 0.05) is 6.42 Å². The lowest BCUT2D eigenvalue weighted by atomic mass is 10.1. The highest BCUT2D eigenvalue weighted by Gasteiger charge is 2.23. The van der Waals surface area contributed by atoms with Crippen molar-refractivity contribution in [2.45, 2.75) is 103 Å². The maximum absolute atomic E-state index is 12.7. The average Bonchev–Trinajstić information content (AvgIpc) is 2.99. The molecule has 0 aromatic rings. The summed E-state index contributed by atoms with van der Waals surface area (Å²) in [4.78, 5) is 25.0. The normalized spacial score (nSPS) is 15.9. The first kappa shape index (κ1) is 43.7. The van der Waals surface area contributed by atoms with Crippen LogP contribution in [-0.4, -0.2) is 68.5 Å². The number of amides is 1. The molecule has 262 valence electrons. The van der Waals surface area contributed by atoms with Crippen LogP contribution in [-0.2, 0) is 18.4 Å². The van der Waals surface area contributed by atoms with Crippen LogP contribution >= 0.6 is 7.82 Å². The molecule has 3 unspecified atom stereocenters. The summed E-state index contributed by atoms with van der Waals surface area (Å²) in [5, 5.41) is 13.5. The van der Waals surface area contributed by atoms with Crippen molar-refractivity contribution < 1.29 is 32.9 Å². The van der Waals surface area contributed by atoms with Crippen molar-refractivity contribution in [3.05, 3.63) is 85.1 Å². The number of allylic oxidation sites excluding steroid dienone is 13. The Hall–Kier alpha value is -2.32. The first-order chi connectivity index (χ1) is 22.0. The lowest BCUT2D eigenvalue weighted by molar-refractivity contribution is -0.870. The second kappa shape index (κ2) is 28.9. The smallest absolute Gasteiger partial charge is 0.268 e. The molecule has 0 saturated heterocycles. The van der Waals surface area contributed by atoms with E-state index in [1.807, 2.05) is 40.2 Å². The van der Waals surface area contributed by atoms with Gasteiger partial charge in [0.1, 0.15) is 13.2 Å². The van der Waals surface area contributed by atoms with Crippen molar-refractivity contribution in [1.29, 1.82) is 0 Å². The number of likely N-dealkylation sites (N-methyl/N-ethyl adjacent to an activating group) is 1.